The third-order valence-corrected chi connectivity index (χ3v) is 4.43. The van der Waals surface area contributed by atoms with Crippen molar-refractivity contribution >= 4 is 0 Å². The first-order valence-corrected chi connectivity index (χ1v) is 6.79. The van der Waals surface area contributed by atoms with Gasteiger partial charge in [-0.25, -0.2) is 0 Å². The molecule has 1 atom stereocenters. The number of benzene rings is 1. The van der Waals surface area contributed by atoms with Gasteiger partial charge in [0.25, 0.3) is 0 Å². The predicted molar refractivity (Wildman–Crippen MR) is 70.8 cm³/mol. The van der Waals surface area contributed by atoms with Crippen molar-refractivity contribution in [3.05, 3.63) is 29.3 Å². The van der Waals surface area contributed by atoms with Gasteiger partial charge in [0, 0.05) is 19.6 Å². The molecule has 1 unspecified atom stereocenters. The van der Waals surface area contributed by atoms with Gasteiger partial charge in [-0.3, -0.25) is 0 Å². The molecule has 3 nitrogen and oxygen atoms in total. The van der Waals surface area contributed by atoms with Gasteiger partial charge < -0.3 is 15.2 Å². The van der Waals surface area contributed by atoms with Crippen LogP contribution in [0.5, 0.6) is 5.75 Å². The first-order chi connectivity index (χ1) is 8.72. The van der Waals surface area contributed by atoms with Crippen LogP contribution in [0, 0.1) is 0 Å². The predicted octanol–water partition coefficient (Wildman–Crippen LogP) is 2.58. The second-order valence-electron chi connectivity index (χ2n) is 5.52. The molecule has 0 radical (unpaired) electrons. The van der Waals surface area contributed by atoms with Crippen LogP contribution in [-0.4, -0.2) is 19.3 Å². The lowest BCUT2D eigenvalue weighted by Crippen LogP contribution is -2.41. The molecule has 0 aromatic heterocycles. The fourth-order valence-electron chi connectivity index (χ4n) is 3.02. The van der Waals surface area contributed by atoms with Gasteiger partial charge in [0.15, 0.2) is 0 Å². The van der Waals surface area contributed by atoms with E-state index in [2.05, 4.69) is 18.2 Å². The van der Waals surface area contributed by atoms with E-state index in [1.807, 2.05) is 7.11 Å². The molecule has 1 fully saturated rings. The lowest BCUT2D eigenvalue weighted by atomic mass is 9.75. The van der Waals surface area contributed by atoms with E-state index in [1.165, 1.54) is 17.5 Å². The van der Waals surface area contributed by atoms with Crippen molar-refractivity contribution in [2.45, 2.75) is 43.7 Å². The zero-order valence-electron chi connectivity index (χ0n) is 10.9. The molecule has 2 aliphatic rings. The van der Waals surface area contributed by atoms with Crippen molar-refractivity contribution in [1.29, 1.82) is 0 Å². The van der Waals surface area contributed by atoms with Crippen LogP contribution in [0.15, 0.2) is 18.2 Å². The molecule has 3 rings (SSSR count). The summed E-state index contributed by atoms with van der Waals surface area (Å²) in [6.45, 7) is 0.802. The lowest BCUT2D eigenvalue weighted by molar-refractivity contribution is -0.0817. The molecule has 18 heavy (non-hydrogen) atoms. The maximum absolute atomic E-state index is 6.34. The van der Waals surface area contributed by atoms with Crippen LogP contribution in [0.1, 0.15) is 42.9 Å². The highest BCUT2D eigenvalue weighted by Gasteiger charge is 2.38. The van der Waals surface area contributed by atoms with E-state index in [4.69, 9.17) is 15.2 Å². The normalized spacial score (nSPS) is 21.9. The number of ether oxygens (including phenoxy) is 2. The molecule has 0 amide bonds. The largest absolute Gasteiger partial charge is 0.493 e. The van der Waals surface area contributed by atoms with E-state index in [1.54, 1.807) is 0 Å². The maximum Gasteiger partial charge on any atom is 0.122 e. The summed E-state index contributed by atoms with van der Waals surface area (Å²) in [5, 5.41) is 0. The minimum Gasteiger partial charge on any atom is -0.493 e. The van der Waals surface area contributed by atoms with Gasteiger partial charge in [-0.1, -0.05) is 12.1 Å². The lowest BCUT2D eigenvalue weighted by Gasteiger charge is -2.42. The average Bonchev–Trinajstić information content (AvgIpc) is 2.80. The summed E-state index contributed by atoms with van der Waals surface area (Å²) in [5.74, 6) is 1.02. The summed E-state index contributed by atoms with van der Waals surface area (Å²) >= 11 is 0. The highest BCUT2D eigenvalue weighted by atomic mass is 16.5. The van der Waals surface area contributed by atoms with Crippen molar-refractivity contribution in [1.82, 2.24) is 0 Å². The number of hydrogen-bond donors (Lipinski definition) is 1. The van der Waals surface area contributed by atoms with Gasteiger partial charge in [0.05, 0.1) is 12.2 Å². The summed E-state index contributed by atoms with van der Waals surface area (Å²) in [6, 6.07) is 6.42. The Morgan fingerprint density at radius 1 is 1.44 bits per heavy atom. The molecule has 1 aliphatic heterocycles. The number of hydrogen-bond acceptors (Lipinski definition) is 3. The highest BCUT2D eigenvalue weighted by Crippen LogP contribution is 2.41. The van der Waals surface area contributed by atoms with Gasteiger partial charge in [0.1, 0.15) is 5.75 Å². The molecule has 1 aromatic carbocycles. The smallest absolute Gasteiger partial charge is 0.122 e. The third-order valence-electron chi connectivity index (χ3n) is 4.43. The van der Waals surface area contributed by atoms with Crippen LogP contribution in [0.2, 0.25) is 0 Å². The minimum atomic E-state index is 0.0366. The Morgan fingerprint density at radius 3 is 2.94 bits per heavy atom. The zero-order chi connectivity index (χ0) is 12.6. The summed E-state index contributed by atoms with van der Waals surface area (Å²) in [7, 11) is 1.81. The van der Waals surface area contributed by atoms with Gasteiger partial charge in [0.2, 0.25) is 0 Å². The van der Waals surface area contributed by atoms with E-state index in [0.717, 1.165) is 38.0 Å². The summed E-state index contributed by atoms with van der Waals surface area (Å²) in [4.78, 5) is 0. The second-order valence-corrected chi connectivity index (χ2v) is 5.52. The Morgan fingerprint density at radius 2 is 2.28 bits per heavy atom. The standard InChI is InChI=1S/C15H21NO2/c1-17-15(6-2-7-15)10-13(16)11-3-4-14-12(9-11)5-8-18-14/h3-4,9,13H,2,5-8,10,16H2,1H3. The van der Waals surface area contributed by atoms with Crippen LogP contribution < -0.4 is 10.5 Å². The molecule has 0 saturated heterocycles. The number of rotatable bonds is 4. The zero-order valence-corrected chi connectivity index (χ0v) is 10.9. The Labute approximate surface area is 108 Å². The van der Waals surface area contributed by atoms with Crippen LogP contribution in [0.3, 0.4) is 0 Å². The van der Waals surface area contributed by atoms with E-state index in [0.29, 0.717) is 0 Å². The van der Waals surface area contributed by atoms with Crippen LogP contribution in [0.4, 0.5) is 0 Å². The van der Waals surface area contributed by atoms with E-state index in [9.17, 15) is 0 Å². The monoisotopic (exact) mass is 247 g/mol. The quantitative estimate of drug-likeness (QED) is 0.889. The fraction of sp³-hybridized carbons (Fsp3) is 0.600. The average molecular weight is 247 g/mol. The molecule has 1 aromatic rings. The third kappa shape index (κ3) is 2.02. The first-order valence-electron chi connectivity index (χ1n) is 6.79. The Hall–Kier alpha value is -1.06. The molecule has 1 aliphatic carbocycles. The van der Waals surface area contributed by atoms with Gasteiger partial charge in [-0.05, 0) is 42.9 Å². The SMILES string of the molecule is COC1(CC(N)c2ccc3c(c2)CCO3)CCC1. The number of fused-ring (bicyclic) bond motifs is 1. The fourth-order valence-corrected chi connectivity index (χ4v) is 3.02. The van der Waals surface area contributed by atoms with E-state index < -0.39 is 0 Å². The van der Waals surface area contributed by atoms with Crippen LogP contribution in [0.25, 0.3) is 0 Å². The molecule has 0 spiro atoms. The second kappa shape index (κ2) is 4.56. The topological polar surface area (TPSA) is 44.5 Å². The summed E-state index contributed by atoms with van der Waals surface area (Å²) in [5.41, 5.74) is 8.88. The maximum atomic E-state index is 6.34. The molecule has 3 heteroatoms. The molecule has 0 bridgehead atoms. The first kappa shape index (κ1) is 12.0. The molecule has 1 saturated carbocycles. The van der Waals surface area contributed by atoms with Crippen molar-refractivity contribution in [2.75, 3.05) is 13.7 Å². The van der Waals surface area contributed by atoms with Crippen molar-refractivity contribution < 1.29 is 9.47 Å². The molecular formula is C15H21NO2. The number of methoxy groups -OCH3 is 1. The van der Waals surface area contributed by atoms with Crippen LogP contribution in [-0.2, 0) is 11.2 Å². The Kier molecular flexibility index (Phi) is 3.04. The van der Waals surface area contributed by atoms with Gasteiger partial charge in [-0.2, -0.15) is 0 Å². The minimum absolute atomic E-state index is 0.0366. The number of nitrogens with two attached hydrogens (primary N) is 1. The molecular weight excluding hydrogens is 226 g/mol. The van der Waals surface area contributed by atoms with Crippen molar-refractivity contribution in [2.24, 2.45) is 5.73 Å². The summed E-state index contributed by atoms with van der Waals surface area (Å²) < 4.78 is 11.2. The van der Waals surface area contributed by atoms with E-state index in [-0.39, 0.29) is 11.6 Å². The van der Waals surface area contributed by atoms with E-state index >= 15 is 0 Å². The van der Waals surface area contributed by atoms with Crippen molar-refractivity contribution in [3.63, 3.8) is 0 Å². The molecule has 2 N–H and O–H groups in total. The van der Waals surface area contributed by atoms with Crippen molar-refractivity contribution in [3.8, 4) is 5.75 Å². The highest BCUT2D eigenvalue weighted by molar-refractivity contribution is 5.40. The summed E-state index contributed by atoms with van der Waals surface area (Å²) in [6.07, 6.45) is 5.48. The van der Waals surface area contributed by atoms with Gasteiger partial charge in [-0.15, -0.1) is 0 Å². The Balaban J connectivity index is 1.74. The Bertz CT molecular complexity index is 435. The molecule has 1 heterocycles. The molecule has 98 valence electrons. The van der Waals surface area contributed by atoms with Gasteiger partial charge >= 0.3 is 0 Å². The van der Waals surface area contributed by atoms with Crippen LogP contribution >= 0.6 is 0 Å².